The first-order valence-corrected chi connectivity index (χ1v) is 6.73. The molecule has 1 fully saturated rings. The number of hydrogen-bond donors (Lipinski definition) is 2. The minimum atomic E-state index is -0.0906. The molecule has 0 spiro atoms. The maximum absolute atomic E-state index is 12.1. The molecule has 0 aliphatic carbocycles. The number of pyridine rings is 1. The van der Waals surface area contributed by atoms with Crippen LogP contribution in [-0.4, -0.2) is 48.6 Å². The van der Waals surface area contributed by atoms with Crippen molar-refractivity contribution >= 4 is 6.03 Å². The molecule has 2 N–H and O–H groups in total. The molecule has 0 saturated carbocycles. The van der Waals surface area contributed by atoms with Gasteiger partial charge >= 0.3 is 6.03 Å². The fraction of sp³-hybridized carbons (Fsp3) is 0.571. The molecule has 19 heavy (non-hydrogen) atoms. The Morgan fingerprint density at radius 2 is 2.00 bits per heavy atom. The van der Waals surface area contributed by atoms with E-state index in [1.54, 1.807) is 12.4 Å². The smallest absolute Gasteiger partial charge is 0.317 e. The van der Waals surface area contributed by atoms with Crippen molar-refractivity contribution < 1.29 is 4.79 Å². The van der Waals surface area contributed by atoms with Gasteiger partial charge in [-0.05, 0) is 17.7 Å². The SMILES string of the molecule is CC(C)(CNC(=O)N1CCNCC1)c1ccncc1. The maximum Gasteiger partial charge on any atom is 0.317 e. The predicted molar refractivity (Wildman–Crippen MR) is 75.1 cm³/mol. The Morgan fingerprint density at radius 3 is 2.63 bits per heavy atom. The van der Waals surface area contributed by atoms with E-state index in [0.717, 1.165) is 26.2 Å². The first kappa shape index (κ1) is 13.8. The third kappa shape index (κ3) is 3.67. The van der Waals surface area contributed by atoms with Crippen LogP contribution < -0.4 is 10.6 Å². The lowest BCUT2D eigenvalue weighted by atomic mass is 9.85. The van der Waals surface area contributed by atoms with Crippen LogP contribution in [0.15, 0.2) is 24.5 Å². The summed E-state index contributed by atoms with van der Waals surface area (Å²) < 4.78 is 0. The molecule has 2 rings (SSSR count). The molecule has 0 atom stereocenters. The van der Waals surface area contributed by atoms with Crippen LogP contribution in [-0.2, 0) is 5.41 Å². The van der Waals surface area contributed by atoms with E-state index < -0.39 is 0 Å². The van der Waals surface area contributed by atoms with E-state index in [-0.39, 0.29) is 11.4 Å². The number of carbonyl (C=O) groups excluding carboxylic acids is 1. The summed E-state index contributed by atoms with van der Waals surface area (Å²) in [5.74, 6) is 0. The molecule has 104 valence electrons. The molecule has 0 radical (unpaired) electrons. The van der Waals surface area contributed by atoms with E-state index in [0.29, 0.717) is 6.54 Å². The average Bonchev–Trinajstić information content (AvgIpc) is 2.47. The predicted octanol–water partition coefficient (Wildman–Crippen LogP) is 0.974. The molecule has 0 aromatic carbocycles. The molecule has 5 nitrogen and oxygen atoms in total. The third-order valence-electron chi connectivity index (χ3n) is 3.55. The van der Waals surface area contributed by atoms with E-state index in [1.165, 1.54) is 5.56 Å². The van der Waals surface area contributed by atoms with Gasteiger partial charge in [0.15, 0.2) is 0 Å². The van der Waals surface area contributed by atoms with Gasteiger partial charge in [0.1, 0.15) is 0 Å². The summed E-state index contributed by atoms with van der Waals surface area (Å²) in [4.78, 5) is 17.9. The number of rotatable bonds is 3. The Balaban J connectivity index is 1.88. The van der Waals surface area contributed by atoms with Gasteiger partial charge in [-0.1, -0.05) is 13.8 Å². The molecule has 1 saturated heterocycles. The zero-order chi connectivity index (χ0) is 13.7. The zero-order valence-electron chi connectivity index (χ0n) is 11.6. The molecule has 2 heterocycles. The van der Waals surface area contributed by atoms with Crippen molar-refractivity contribution in [3.05, 3.63) is 30.1 Å². The van der Waals surface area contributed by atoms with Crippen molar-refractivity contribution in [2.24, 2.45) is 0 Å². The van der Waals surface area contributed by atoms with Crippen LogP contribution >= 0.6 is 0 Å². The summed E-state index contributed by atoms with van der Waals surface area (Å²) >= 11 is 0. The fourth-order valence-electron chi connectivity index (χ4n) is 2.18. The van der Waals surface area contributed by atoms with Crippen LogP contribution in [0, 0.1) is 0 Å². The Bertz CT molecular complexity index is 413. The van der Waals surface area contributed by atoms with Crippen LogP contribution in [0.2, 0.25) is 0 Å². The highest BCUT2D eigenvalue weighted by Crippen LogP contribution is 2.21. The fourth-order valence-corrected chi connectivity index (χ4v) is 2.18. The number of carbonyl (C=O) groups is 1. The zero-order valence-corrected chi connectivity index (χ0v) is 11.6. The highest BCUT2D eigenvalue weighted by molar-refractivity contribution is 5.74. The highest BCUT2D eigenvalue weighted by Gasteiger charge is 2.23. The Kier molecular flexibility index (Phi) is 4.37. The van der Waals surface area contributed by atoms with Crippen molar-refractivity contribution in [1.82, 2.24) is 20.5 Å². The van der Waals surface area contributed by atoms with Gasteiger partial charge in [-0.15, -0.1) is 0 Å². The quantitative estimate of drug-likeness (QED) is 0.853. The Labute approximate surface area is 114 Å². The molecule has 0 bridgehead atoms. The summed E-state index contributed by atoms with van der Waals surface area (Å²) in [5.41, 5.74) is 1.09. The van der Waals surface area contributed by atoms with Crippen LogP contribution in [0.25, 0.3) is 0 Å². The van der Waals surface area contributed by atoms with Crippen molar-refractivity contribution in [2.45, 2.75) is 19.3 Å². The van der Waals surface area contributed by atoms with Gasteiger partial charge in [-0.25, -0.2) is 4.79 Å². The number of piperazine rings is 1. The van der Waals surface area contributed by atoms with E-state index >= 15 is 0 Å². The Hall–Kier alpha value is -1.62. The number of urea groups is 1. The standard InChI is InChI=1S/C14H22N4O/c1-14(2,12-3-5-15-6-4-12)11-17-13(19)18-9-7-16-8-10-18/h3-6,16H,7-11H2,1-2H3,(H,17,19). The number of hydrogen-bond acceptors (Lipinski definition) is 3. The number of amides is 2. The lowest BCUT2D eigenvalue weighted by Crippen LogP contribution is -2.51. The summed E-state index contributed by atoms with van der Waals surface area (Å²) in [6.45, 7) is 8.19. The largest absolute Gasteiger partial charge is 0.337 e. The summed E-state index contributed by atoms with van der Waals surface area (Å²) in [6, 6.07) is 4.03. The number of nitrogens with one attached hydrogen (secondary N) is 2. The molecule has 2 amide bonds. The van der Waals surface area contributed by atoms with Crippen LogP contribution in [0.5, 0.6) is 0 Å². The van der Waals surface area contributed by atoms with Crippen molar-refractivity contribution in [3.8, 4) is 0 Å². The van der Waals surface area contributed by atoms with E-state index in [2.05, 4.69) is 29.5 Å². The summed E-state index contributed by atoms with van der Waals surface area (Å²) in [5, 5.41) is 6.27. The minimum absolute atomic E-state index is 0.0311. The topological polar surface area (TPSA) is 57.3 Å². The molecule has 5 heteroatoms. The molecule has 1 aliphatic rings. The second-order valence-electron chi connectivity index (χ2n) is 5.52. The first-order chi connectivity index (χ1) is 9.09. The van der Waals surface area contributed by atoms with Gasteiger partial charge in [0.05, 0.1) is 0 Å². The van der Waals surface area contributed by atoms with Gasteiger partial charge in [-0.2, -0.15) is 0 Å². The van der Waals surface area contributed by atoms with Crippen molar-refractivity contribution in [3.63, 3.8) is 0 Å². The molecule has 0 unspecified atom stereocenters. The molecular weight excluding hydrogens is 240 g/mol. The normalized spacial score (nSPS) is 16.2. The van der Waals surface area contributed by atoms with Crippen LogP contribution in [0.3, 0.4) is 0 Å². The van der Waals surface area contributed by atoms with E-state index in [9.17, 15) is 4.79 Å². The molecule has 1 aromatic heterocycles. The van der Waals surface area contributed by atoms with Crippen molar-refractivity contribution in [1.29, 1.82) is 0 Å². The van der Waals surface area contributed by atoms with Gasteiger partial charge in [0, 0.05) is 50.5 Å². The number of nitrogens with zero attached hydrogens (tertiary/aromatic N) is 2. The minimum Gasteiger partial charge on any atom is -0.337 e. The molecular formula is C14H22N4O. The van der Waals surface area contributed by atoms with Crippen molar-refractivity contribution in [2.75, 3.05) is 32.7 Å². The monoisotopic (exact) mass is 262 g/mol. The maximum atomic E-state index is 12.1. The average molecular weight is 262 g/mol. The Morgan fingerprint density at radius 1 is 1.37 bits per heavy atom. The lowest BCUT2D eigenvalue weighted by molar-refractivity contribution is 0.188. The van der Waals surface area contributed by atoms with Gasteiger partial charge in [-0.3, -0.25) is 4.98 Å². The summed E-state index contributed by atoms with van der Waals surface area (Å²) in [6.07, 6.45) is 3.57. The van der Waals surface area contributed by atoms with E-state index in [4.69, 9.17) is 0 Å². The van der Waals surface area contributed by atoms with Gasteiger partial charge in [0.25, 0.3) is 0 Å². The van der Waals surface area contributed by atoms with Crippen LogP contribution in [0.1, 0.15) is 19.4 Å². The third-order valence-corrected chi connectivity index (χ3v) is 3.55. The first-order valence-electron chi connectivity index (χ1n) is 6.73. The van der Waals surface area contributed by atoms with Gasteiger partial charge in [0.2, 0.25) is 0 Å². The van der Waals surface area contributed by atoms with Gasteiger partial charge < -0.3 is 15.5 Å². The molecule has 1 aliphatic heterocycles. The second kappa shape index (κ2) is 6.02. The van der Waals surface area contributed by atoms with E-state index in [1.807, 2.05) is 17.0 Å². The van der Waals surface area contributed by atoms with Crippen LogP contribution in [0.4, 0.5) is 4.79 Å². The number of aromatic nitrogens is 1. The molecule has 1 aromatic rings. The summed E-state index contributed by atoms with van der Waals surface area (Å²) in [7, 11) is 0. The highest BCUT2D eigenvalue weighted by atomic mass is 16.2. The second-order valence-corrected chi connectivity index (χ2v) is 5.52. The lowest BCUT2D eigenvalue weighted by Gasteiger charge is -2.30.